The standard InChI is InChI=1S/C12H13FN2/c1-15(12-4-5-12)8-10-6-11(13)3-2-9(10)7-14/h2-3,6,12H,4-5,8H2,1H3. The minimum Gasteiger partial charge on any atom is -0.299 e. The SMILES string of the molecule is CN(Cc1cc(F)ccc1C#N)C1CC1. The summed E-state index contributed by atoms with van der Waals surface area (Å²) in [6, 6.07) is 7.05. The normalized spacial score (nSPS) is 15.3. The van der Waals surface area contributed by atoms with Crippen LogP contribution in [-0.4, -0.2) is 18.0 Å². The smallest absolute Gasteiger partial charge is 0.123 e. The first kappa shape index (κ1) is 10.1. The van der Waals surface area contributed by atoms with Crippen LogP contribution in [0.2, 0.25) is 0 Å². The van der Waals surface area contributed by atoms with Gasteiger partial charge < -0.3 is 0 Å². The average molecular weight is 204 g/mol. The number of hydrogen-bond acceptors (Lipinski definition) is 2. The lowest BCUT2D eigenvalue weighted by atomic mass is 10.1. The fourth-order valence-corrected chi connectivity index (χ4v) is 1.72. The van der Waals surface area contributed by atoms with Crippen molar-refractivity contribution in [3.05, 3.63) is 35.1 Å². The quantitative estimate of drug-likeness (QED) is 0.755. The van der Waals surface area contributed by atoms with Gasteiger partial charge in [0.2, 0.25) is 0 Å². The number of halogens is 1. The zero-order chi connectivity index (χ0) is 10.8. The Hall–Kier alpha value is -1.40. The van der Waals surface area contributed by atoms with Gasteiger partial charge in [-0.05, 0) is 43.7 Å². The van der Waals surface area contributed by atoms with Crippen LogP contribution in [0.3, 0.4) is 0 Å². The van der Waals surface area contributed by atoms with E-state index in [1.165, 1.54) is 25.0 Å². The van der Waals surface area contributed by atoms with Crippen molar-refractivity contribution >= 4 is 0 Å². The Kier molecular flexibility index (Phi) is 2.70. The van der Waals surface area contributed by atoms with E-state index >= 15 is 0 Å². The molecule has 0 atom stereocenters. The number of nitriles is 1. The molecule has 0 N–H and O–H groups in total. The van der Waals surface area contributed by atoms with Crippen molar-refractivity contribution in [3.8, 4) is 6.07 Å². The van der Waals surface area contributed by atoms with Gasteiger partial charge in [-0.1, -0.05) is 0 Å². The Balaban J connectivity index is 2.18. The van der Waals surface area contributed by atoms with Gasteiger partial charge >= 0.3 is 0 Å². The van der Waals surface area contributed by atoms with Crippen LogP contribution < -0.4 is 0 Å². The molecule has 15 heavy (non-hydrogen) atoms. The second kappa shape index (κ2) is 4.00. The third-order valence-electron chi connectivity index (χ3n) is 2.78. The molecule has 1 fully saturated rings. The van der Waals surface area contributed by atoms with Crippen molar-refractivity contribution in [2.24, 2.45) is 0 Å². The second-order valence-electron chi connectivity index (χ2n) is 4.06. The minimum atomic E-state index is -0.270. The van der Waals surface area contributed by atoms with E-state index in [2.05, 4.69) is 11.0 Å². The Morgan fingerprint density at radius 3 is 2.87 bits per heavy atom. The lowest BCUT2D eigenvalue weighted by molar-refractivity contribution is 0.315. The minimum absolute atomic E-state index is 0.270. The zero-order valence-corrected chi connectivity index (χ0v) is 8.70. The highest BCUT2D eigenvalue weighted by Crippen LogP contribution is 2.27. The predicted octanol–water partition coefficient (Wildman–Crippen LogP) is 2.29. The van der Waals surface area contributed by atoms with Crippen LogP contribution in [0.25, 0.3) is 0 Å². The number of hydrogen-bond donors (Lipinski definition) is 0. The molecular formula is C12H13FN2. The van der Waals surface area contributed by atoms with Crippen LogP contribution >= 0.6 is 0 Å². The van der Waals surface area contributed by atoms with Gasteiger partial charge in [-0.3, -0.25) is 4.90 Å². The van der Waals surface area contributed by atoms with Crippen LogP contribution in [-0.2, 0) is 6.54 Å². The monoisotopic (exact) mass is 204 g/mol. The molecule has 0 radical (unpaired) electrons. The second-order valence-corrected chi connectivity index (χ2v) is 4.06. The molecule has 1 aromatic carbocycles. The first-order chi connectivity index (χ1) is 7.20. The summed E-state index contributed by atoms with van der Waals surface area (Å²) in [6.45, 7) is 0.658. The highest BCUT2D eigenvalue weighted by molar-refractivity contribution is 5.37. The zero-order valence-electron chi connectivity index (χ0n) is 8.70. The molecule has 2 rings (SSSR count). The molecule has 0 amide bonds. The first-order valence-electron chi connectivity index (χ1n) is 5.09. The van der Waals surface area contributed by atoms with E-state index in [4.69, 9.17) is 5.26 Å². The molecule has 78 valence electrons. The van der Waals surface area contributed by atoms with Gasteiger partial charge in [-0.25, -0.2) is 4.39 Å². The third-order valence-corrected chi connectivity index (χ3v) is 2.78. The summed E-state index contributed by atoms with van der Waals surface area (Å²) in [5, 5.41) is 8.89. The summed E-state index contributed by atoms with van der Waals surface area (Å²) < 4.78 is 13.0. The molecule has 1 aliphatic rings. The summed E-state index contributed by atoms with van der Waals surface area (Å²) in [6.07, 6.45) is 2.43. The lowest BCUT2D eigenvalue weighted by Crippen LogP contribution is -2.20. The van der Waals surface area contributed by atoms with Gasteiger partial charge in [0.15, 0.2) is 0 Å². The van der Waals surface area contributed by atoms with E-state index in [0.717, 1.165) is 5.56 Å². The number of benzene rings is 1. The Labute approximate surface area is 88.9 Å². The van der Waals surface area contributed by atoms with E-state index in [1.807, 2.05) is 7.05 Å². The van der Waals surface area contributed by atoms with Gasteiger partial charge in [0.1, 0.15) is 5.82 Å². The van der Waals surface area contributed by atoms with Crippen LogP contribution in [0, 0.1) is 17.1 Å². The molecule has 0 aliphatic heterocycles. The molecule has 2 nitrogen and oxygen atoms in total. The van der Waals surface area contributed by atoms with Crippen molar-refractivity contribution in [1.82, 2.24) is 4.90 Å². The maximum absolute atomic E-state index is 13.0. The van der Waals surface area contributed by atoms with Gasteiger partial charge in [-0.15, -0.1) is 0 Å². The summed E-state index contributed by atoms with van der Waals surface area (Å²) in [5.41, 5.74) is 1.36. The van der Waals surface area contributed by atoms with Gasteiger partial charge in [0.05, 0.1) is 11.6 Å². The topological polar surface area (TPSA) is 27.0 Å². The van der Waals surface area contributed by atoms with Crippen LogP contribution in [0.4, 0.5) is 4.39 Å². The molecule has 0 spiro atoms. The summed E-state index contributed by atoms with van der Waals surface area (Å²) in [5.74, 6) is -0.270. The number of nitrogens with zero attached hydrogens (tertiary/aromatic N) is 2. The van der Waals surface area contributed by atoms with Crippen molar-refractivity contribution in [2.75, 3.05) is 7.05 Å². The van der Waals surface area contributed by atoms with Crippen molar-refractivity contribution in [3.63, 3.8) is 0 Å². The van der Waals surface area contributed by atoms with Gasteiger partial charge in [-0.2, -0.15) is 5.26 Å². The molecule has 1 aliphatic carbocycles. The summed E-state index contributed by atoms with van der Waals surface area (Å²) in [4.78, 5) is 2.18. The van der Waals surface area contributed by atoms with Crippen LogP contribution in [0.15, 0.2) is 18.2 Å². The van der Waals surface area contributed by atoms with E-state index in [9.17, 15) is 4.39 Å². The molecule has 1 saturated carbocycles. The van der Waals surface area contributed by atoms with E-state index in [-0.39, 0.29) is 5.82 Å². The molecule has 0 aromatic heterocycles. The highest BCUT2D eigenvalue weighted by atomic mass is 19.1. The van der Waals surface area contributed by atoms with Crippen LogP contribution in [0.1, 0.15) is 24.0 Å². The maximum Gasteiger partial charge on any atom is 0.123 e. The average Bonchev–Trinajstić information content (AvgIpc) is 3.01. The van der Waals surface area contributed by atoms with E-state index in [1.54, 1.807) is 6.07 Å². The fourth-order valence-electron chi connectivity index (χ4n) is 1.72. The fraction of sp³-hybridized carbons (Fsp3) is 0.417. The van der Waals surface area contributed by atoms with E-state index in [0.29, 0.717) is 18.2 Å². The Bertz CT molecular complexity index is 405. The highest BCUT2D eigenvalue weighted by Gasteiger charge is 2.26. The van der Waals surface area contributed by atoms with Crippen molar-refractivity contribution < 1.29 is 4.39 Å². The van der Waals surface area contributed by atoms with Crippen molar-refractivity contribution in [1.29, 1.82) is 5.26 Å². The first-order valence-corrected chi connectivity index (χ1v) is 5.09. The van der Waals surface area contributed by atoms with Crippen molar-refractivity contribution in [2.45, 2.75) is 25.4 Å². The molecule has 0 saturated heterocycles. The molecule has 0 bridgehead atoms. The van der Waals surface area contributed by atoms with Gasteiger partial charge in [0, 0.05) is 12.6 Å². The van der Waals surface area contributed by atoms with Crippen LogP contribution in [0.5, 0.6) is 0 Å². The Morgan fingerprint density at radius 1 is 1.53 bits per heavy atom. The third kappa shape index (κ3) is 2.34. The molecule has 1 aromatic rings. The molecular weight excluding hydrogens is 191 g/mol. The maximum atomic E-state index is 13.0. The number of rotatable bonds is 3. The Morgan fingerprint density at radius 2 is 2.27 bits per heavy atom. The largest absolute Gasteiger partial charge is 0.299 e. The van der Waals surface area contributed by atoms with E-state index < -0.39 is 0 Å². The molecule has 0 unspecified atom stereocenters. The molecule has 0 heterocycles. The lowest BCUT2D eigenvalue weighted by Gasteiger charge is -2.16. The molecule has 3 heteroatoms. The summed E-state index contributed by atoms with van der Waals surface area (Å²) in [7, 11) is 2.02. The predicted molar refractivity (Wildman–Crippen MR) is 55.6 cm³/mol. The van der Waals surface area contributed by atoms with Gasteiger partial charge in [0.25, 0.3) is 0 Å². The summed E-state index contributed by atoms with van der Waals surface area (Å²) >= 11 is 0.